The minimum absolute atomic E-state index is 0.152. The van der Waals surface area contributed by atoms with Crippen LogP contribution in [0.5, 0.6) is 0 Å². The van der Waals surface area contributed by atoms with Crippen molar-refractivity contribution >= 4 is 9.84 Å². The zero-order chi connectivity index (χ0) is 13.6. The van der Waals surface area contributed by atoms with Crippen LogP contribution in [0.25, 0.3) is 0 Å². The number of ether oxygens (including phenoxy) is 1. The number of sulfone groups is 1. The Morgan fingerprint density at radius 1 is 1.39 bits per heavy atom. The Morgan fingerprint density at radius 2 is 2.11 bits per heavy atom. The van der Waals surface area contributed by atoms with Gasteiger partial charge in [0.1, 0.15) is 9.84 Å². The number of rotatable bonds is 8. The average Bonchev–Trinajstić information content (AvgIpc) is 2.64. The molecule has 0 amide bonds. The summed E-state index contributed by atoms with van der Waals surface area (Å²) < 4.78 is 27.8. The van der Waals surface area contributed by atoms with E-state index < -0.39 is 9.84 Å². The Hall–Kier alpha value is -0.130. The third kappa shape index (κ3) is 6.16. The summed E-state index contributed by atoms with van der Waals surface area (Å²) in [5, 5.41) is 3.49. The average molecular weight is 277 g/mol. The zero-order valence-corrected chi connectivity index (χ0v) is 12.7. The van der Waals surface area contributed by atoms with Gasteiger partial charge in [-0.1, -0.05) is 13.8 Å². The molecule has 0 spiro atoms. The molecule has 0 aliphatic carbocycles. The molecule has 0 aromatic carbocycles. The van der Waals surface area contributed by atoms with E-state index in [0.29, 0.717) is 11.7 Å². The van der Waals surface area contributed by atoms with E-state index in [1.54, 1.807) is 0 Å². The highest BCUT2D eigenvalue weighted by Gasteiger charge is 2.34. The molecular weight excluding hydrogens is 250 g/mol. The van der Waals surface area contributed by atoms with Crippen LogP contribution in [0.4, 0.5) is 0 Å². The lowest BCUT2D eigenvalue weighted by molar-refractivity contribution is 0.143. The van der Waals surface area contributed by atoms with Crippen LogP contribution in [-0.4, -0.2) is 46.7 Å². The highest BCUT2D eigenvalue weighted by molar-refractivity contribution is 7.90. The predicted molar refractivity (Wildman–Crippen MR) is 74.5 cm³/mol. The Labute approximate surface area is 111 Å². The Bertz CT molecular complexity index is 332. The van der Waals surface area contributed by atoms with Crippen LogP contribution in [0.1, 0.15) is 33.1 Å². The Balaban J connectivity index is 2.38. The van der Waals surface area contributed by atoms with Crippen molar-refractivity contribution in [3.05, 3.63) is 0 Å². The fourth-order valence-corrected chi connectivity index (χ4v) is 3.08. The number of hydrogen-bond acceptors (Lipinski definition) is 4. The van der Waals surface area contributed by atoms with Gasteiger partial charge in [0.15, 0.2) is 0 Å². The second kappa shape index (κ2) is 6.87. The zero-order valence-electron chi connectivity index (χ0n) is 11.9. The van der Waals surface area contributed by atoms with Gasteiger partial charge in [0.25, 0.3) is 0 Å². The lowest BCUT2D eigenvalue weighted by atomic mass is 9.82. The molecule has 1 N–H and O–H groups in total. The van der Waals surface area contributed by atoms with Gasteiger partial charge in [0, 0.05) is 30.6 Å². The van der Waals surface area contributed by atoms with E-state index in [1.807, 2.05) is 0 Å². The van der Waals surface area contributed by atoms with Crippen molar-refractivity contribution in [2.75, 3.05) is 38.3 Å². The normalized spacial score (nSPS) is 24.9. The fraction of sp³-hybridized carbons (Fsp3) is 1.00. The number of hydrogen-bond donors (Lipinski definition) is 1. The molecule has 1 rings (SSSR count). The molecular formula is C13H27NO3S. The lowest BCUT2D eigenvalue weighted by Crippen LogP contribution is -2.36. The van der Waals surface area contributed by atoms with Gasteiger partial charge in [-0.25, -0.2) is 8.42 Å². The highest BCUT2D eigenvalue weighted by atomic mass is 32.2. The summed E-state index contributed by atoms with van der Waals surface area (Å²) in [7, 11) is -2.84. The van der Waals surface area contributed by atoms with Crippen LogP contribution >= 0.6 is 0 Å². The smallest absolute Gasteiger partial charge is 0.147 e. The Kier molecular flexibility index (Phi) is 6.08. The SMILES string of the molecule is CC(C)CNCC1(CCCS(C)(=O)=O)CCOC1. The molecule has 0 saturated carbocycles. The van der Waals surface area contributed by atoms with Gasteiger partial charge < -0.3 is 10.1 Å². The molecule has 1 aliphatic heterocycles. The van der Waals surface area contributed by atoms with E-state index in [9.17, 15) is 8.42 Å². The van der Waals surface area contributed by atoms with E-state index in [0.717, 1.165) is 45.6 Å². The molecule has 1 atom stereocenters. The molecule has 108 valence electrons. The van der Waals surface area contributed by atoms with Gasteiger partial charge in [-0.3, -0.25) is 0 Å². The summed E-state index contributed by atoms with van der Waals surface area (Å²) in [6, 6.07) is 0. The fourth-order valence-electron chi connectivity index (χ4n) is 2.41. The Morgan fingerprint density at radius 3 is 2.61 bits per heavy atom. The van der Waals surface area contributed by atoms with Crippen LogP contribution in [-0.2, 0) is 14.6 Å². The maximum atomic E-state index is 11.2. The maximum absolute atomic E-state index is 11.2. The van der Waals surface area contributed by atoms with Crippen molar-refractivity contribution in [2.24, 2.45) is 11.3 Å². The van der Waals surface area contributed by atoms with Crippen molar-refractivity contribution in [1.82, 2.24) is 5.32 Å². The third-order valence-electron chi connectivity index (χ3n) is 3.46. The molecule has 18 heavy (non-hydrogen) atoms. The van der Waals surface area contributed by atoms with Crippen molar-refractivity contribution in [1.29, 1.82) is 0 Å². The van der Waals surface area contributed by atoms with Gasteiger partial charge in [-0.15, -0.1) is 0 Å². The second-order valence-electron chi connectivity index (χ2n) is 6.06. The van der Waals surface area contributed by atoms with E-state index in [1.165, 1.54) is 6.26 Å². The van der Waals surface area contributed by atoms with Crippen molar-refractivity contribution in [3.8, 4) is 0 Å². The van der Waals surface area contributed by atoms with Gasteiger partial charge >= 0.3 is 0 Å². The van der Waals surface area contributed by atoms with Gasteiger partial charge in [0.05, 0.1) is 6.61 Å². The molecule has 1 heterocycles. The highest BCUT2D eigenvalue weighted by Crippen LogP contribution is 2.33. The van der Waals surface area contributed by atoms with E-state index >= 15 is 0 Å². The predicted octanol–water partition coefficient (Wildman–Crippen LogP) is 1.46. The maximum Gasteiger partial charge on any atom is 0.147 e. The summed E-state index contributed by atoms with van der Waals surface area (Å²) in [5.74, 6) is 0.930. The van der Waals surface area contributed by atoms with Gasteiger partial charge in [-0.05, 0) is 31.7 Å². The van der Waals surface area contributed by atoms with Crippen LogP contribution in [0.3, 0.4) is 0 Å². The van der Waals surface area contributed by atoms with E-state index in [-0.39, 0.29) is 5.41 Å². The molecule has 0 bridgehead atoms. The first-order valence-corrected chi connectivity index (χ1v) is 8.85. The summed E-state index contributed by atoms with van der Waals surface area (Å²) in [6.07, 6.45) is 4.03. The molecule has 1 unspecified atom stereocenters. The van der Waals surface area contributed by atoms with Crippen LogP contribution in [0.2, 0.25) is 0 Å². The molecule has 5 heteroatoms. The first-order valence-electron chi connectivity index (χ1n) is 6.79. The lowest BCUT2D eigenvalue weighted by Gasteiger charge is -2.28. The van der Waals surface area contributed by atoms with Crippen LogP contribution in [0.15, 0.2) is 0 Å². The first kappa shape index (κ1) is 15.9. The van der Waals surface area contributed by atoms with E-state index in [2.05, 4.69) is 19.2 Å². The molecule has 1 aliphatic rings. The summed E-state index contributed by atoms with van der Waals surface area (Å²) in [4.78, 5) is 0. The first-order chi connectivity index (χ1) is 8.33. The molecule has 0 aromatic heterocycles. The minimum atomic E-state index is -2.84. The standard InChI is InChI=1S/C13H27NO3S/c1-12(2)9-14-10-13(6-7-17-11-13)5-4-8-18(3,15)16/h12,14H,4-11H2,1-3H3. The molecule has 1 fully saturated rings. The van der Waals surface area contributed by atoms with Crippen molar-refractivity contribution in [2.45, 2.75) is 33.1 Å². The molecule has 0 aromatic rings. The van der Waals surface area contributed by atoms with Crippen molar-refractivity contribution in [3.63, 3.8) is 0 Å². The summed E-state index contributed by atoms with van der Waals surface area (Å²) in [6.45, 7) is 7.90. The van der Waals surface area contributed by atoms with Gasteiger partial charge in [-0.2, -0.15) is 0 Å². The largest absolute Gasteiger partial charge is 0.381 e. The second-order valence-corrected chi connectivity index (χ2v) is 8.32. The van der Waals surface area contributed by atoms with Crippen LogP contribution in [0, 0.1) is 11.3 Å². The topological polar surface area (TPSA) is 55.4 Å². The molecule has 1 saturated heterocycles. The quantitative estimate of drug-likeness (QED) is 0.730. The number of nitrogens with one attached hydrogen (secondary N) is 1. The molecule has 4 nitrogen and oxygen atoms in total. The van der Waals surface area contributed by atoms with Gasteiger partial charge in [0.2, 0.25) is 0 Å². The minimum Gasteiger partial charge on any atom is -0.381 e. The summed E-state index contributed by atoms with van der Waals surface area (Å²) >= 11 is 0. The van der Waals surface area contributed by atoms with Crippen LogP contribution < -0.4 is 5.32 Å². The molecule has 0 radical (unpaired) electrons. The van der Waals surface area contributed by atoms with Crippen molar-refractivity contribution < 1.29 is 13.2 Å². The summed E-state index contributed by atoms with van der Waals surface area (Å²) in [5.41, 5.74) is 0.152. The van der Waals surface area contributed by atoms with E-state index in [4.69, 9.17) is 4.74 Å². The third-order valence-corrected chi connectivity index (χ3v) is 4.49. The monoisotopic (exact) mass is 277 g/mol.